The topological polar surface area (TPSA) is 106 Å². The SMILES string of the molecule is Cc1csc(S(=O)(=O)N(CC2(C)COC2)c2ccc(C(F)(F)F)cc2OCc2ccc(C(=O)O)cc2)n1. The molecule has 1 aromatic heterocycles. The van der Waals surface area contributed by atoms with E-state index in [9.17, 15) is 26.4 Å². The van der Waals surface area contributed by atoms with Crippen molar-refractivity contribution >= 4 is 33.0 Å². The third kappa shape index (κ3) is 5.89. The fourth-order valence-corrected chi connectivity index (χ4v) is 6.41. The van der Waals surface area contributed by atoms with Gasteiger partial charge < -0.3 is 14.6 Å². The molecule has 3 aromatic rings. The molecule has 0 saturated carbocycles. The second kappa shape index (κ2) is 9.95. The lowest BCUT2D eigenvalue weighted by molar-refractivity contribution is -0.137. The first kappa shape index (κ1) is 26.9. The Morgan fingerprint density at radius 1 is 1.22 bits per heavy atom. The zero-order chi connectivity index (χ0) is 27.0. The summed E-state index contributed by atoms with van der Waals surface area (Å²) < 4.78 is 79.8. The third-order valence-electron chi connectivity index (χ3n) is 5.69. The van der Waals surface area contributed by atoms with Crippen molar-refractivity contribution in [3.63, 3.8) is 0 Å². The summed E-state index contributed by atoms with van der Waals surface area (Å²) in [6, 6.07) is 8.26. The minimum absolute atomic E-state index is 0.0375. The Labute approximate surface area is 215 Å². The van der Waals surface area contributed by atoms with E-state index in [-0.39, 0.29) is 47.7 Å². The van der Waals surface area contributed by atoms with Crippen molar-refractivity contribution in [2.75, 3.05) is 24.1 Å². The normalized spacial score (nSPS) is 15.2. The Kier molecular flexibility index (Phi) is 7.23. The Hall–Kier alpha value is -3.16. The highest BCUT2D eigenvalue weighted by Crippen LogP contribution is 2.41. The molecule has 1 aliphatic heterocycles. The van der Waals surface area contributed by atoms with E-state index in [1.165, 1.54) is 24.3 Å². The predicted octanol–water partition coefficient (Wildman–Crippen LogP) is 4.98. The molecule has 0 radical (unpaired) electrons. The zero-order valence-corrected chi connectivity index (χ0v) is 21.4. The number of carboxylic acids is 1. The average molecular weight is 557 g/mol. The number of ether oxygens (including phenoxy) is 2. The van der Waals surface area contributed by atoms with Gasteiger partial charge in [0.1, 0.15) is 12.4 Å². The van der Waals surface area contributed by atoms with Crippen molar-refractivity contribution in [3.05, 3.63) is 70.2 Å². The van der Waals surface area contributed by atoms with Crippen molar-refractivity contribution in [2.45, 2.75) is 31.0 Å². The molecule has 0 amide bonds. The third-order valence-corrected chi connectivity index (χ3v) is 8.80. The van der Waals surface area contributed by atoms with Crippen LogP contribution >= 0.6 is 11.3 Å². The number of thiazole rings is 1. The van der Waals surface area contributed by atoms with E-state index in [0.29, 0.717) is 11.3 Å². The molecule has 0 unspecified atom stereocenters. The van der Waals surface area contributed by atoms with Crippen LogP contribution in [-0.4, -0.2) is 44.2 Å². The van der Waals surface area contributed by atoms with Gasteiger partial charge in [0.05, 0.1) is 30.0 Å². The molecule has 37 heavy (non-hydrogen) atoms. The van der Waals surface area contributed by atoms with Crippen molar-refractivity contribution in [3.8, 4) is 5.75 Å². The highest BCUT2D eigenvalue weighted by atomic mass is 32.2. The number of carboxylic acid groups (broad SMARTS) is 1. The summed E-state index contributed by atoms with van der Waals surface area (Å²) in [5.41, 5.74) is -0.626. The summed E-state index contributed by atoms with van der Waals surface area (Å²) in [5.74, 6) is -1.42. The van der Waals surface area contributed by atoms with Crippen LogP contribution in [0.2, 0.25) is 0 Å². The van der Waals surface area contributed by atoms with E-state index >= 15 is 0 Å². The Morgan fingerprint density at radius 3 is 2.41 bits per heavy atom. The summed E-state index contributed by atoms with van der Waals surface area (Å²) in [7, 11) is -4.25. The molecule has 8 nitrogen and oxygen atoms in total. The highest BCUT2D eigenvalue weighted by Gasteiger charge is 2.41. The van der Waals surface area contributed by atoms with Gasteiger partial charge in [-0.25, -0.2) is 9.78 Å². The van der Waals surface area contributed by atoms with Gasteiger partial charge in [0.15, 0.2) is 0 Å². The van der Waals surface area contributed by atoms with Crippen LogP contribution in [-0.2, 0) is 27.5 Å². The molecule has 0 spiro atoms. The maximum atomic E-state index is 13.7. The molecular weight excluding hydrogens is 533 g/mol. The molecular formula is C24H23F3N2O6S2. The van der Waals surface area contributed by atoms with Gasteiger partial charge in [-0.2, -0.15) is 21.6 Å². The van der Waals surface area contributed by atoms with Crippen molar-refractivity contribution in [2.24, 2.45) is 5.41 Å². The number of hydrogen-bond donors (Lipinski definition) is 1. The number of halogens is 3. The van der Waals surface area contributed by atoms with Crippen LogP contribution in [0.3, 0.4) is 0 Å². The van der Waals surface area contributed by atoms with Gasteiger partial charge in [0.25, 0.3) is 10.0 Å². The molecule has 13 heteroatoms. The Bertz CT molecular complexity index is 1400. The van der Waals surface area contributed by atoms with Gasteiger partial charge in [-0.05, 0) is 42.8 Å². The zero-order valence-electron chi connectivity index (χ0n) is 19.8. The summed E-state index contributed by atoms with van der Waals surface area (Å²) >= 11 is 0.917. The van der Waals surface area contributed by atoms with Gasteiger partial charge in [-0.1, -0.05) is 19.1 Å². The molecule has 1 N–H and O–H groups in total. The summed E-state index contributed by atoms with van der Waals surface area (Å²) in [4.78, 5) is 15.2. The maximum Gasteiger partial charge on any atom is 0.416 e. The first-order chi connectivity index (χ1) is 17.3. The van der Waals surface area contributed by atoms with Crippen LogP contribution in [0.1, 0.15) is 34.1 Å². The molecule has 4 rings (SSSR count). The average Bonchev–Trinajstić information content (AvgIpc) is 3.27. The first-order valence-corrected chi connectivity index (χ1v) is 13.3. The fraction of sp³-hybridized carbons (Fsp3) is 0.333. The van der Waals surface area contributed by atoms with E-state index in [1.807, 2.05) is 6.92 Å². The second-order valence-electron chi connectivity index (χ2n) is 9.04. The molecule has 1 aliphatic rings. The number of sulfonamides is 1. The predicted molar refractivity (Wildman–Crippen MR) is 129 cm³/mol. The van der Waals surface area contributed by atoms with E-state index in [2.05, 4.69) is 4.98 Å². The number of anilines is 1. The maximum absolute atomic E-state index is 13.7. The lowest BCUT2D eigenvalue weighted by Gasteiger charge is -2.41. The largest absolute Gasteiger partial charge is 0.487 e. The number of nitrogens with zero attached hydrogens (tertiary/aromatic N) is 2. The Morgan fingerprint density at radius 2 is 1.89 bits per heavy atom. The number of alkyl halides is 3. The molecule has 0 atom stereocenters. The van der Waals surface area contributed by atoms with E-state index in [4.69, 9.17) is 14.6 Å². The quantitative estimate of drug-likeness (QED) is 0.396. The number of aryl methyl sites for hydroxylation is 1. The van der Waals surface area contributed by atoms with Crippen LogP contribution in [0.25, 0.3) is 0 Å². The molecule has 0 aliphatic carbocycles. The standard InChI is InChI=1S/C24H23F3N2O6S2/c1-15-11-36-22(28-15)37(32,33)29(12-23(2)13-34-14-23)19-8-7-18(24(25,26)27)9-20(19)35-10-16-3-5-17(6-4-16)21(30)31/h3-9,11H,10,12-14H2,1-2H3,(H,30,31). The molecule has 198 valence electrons. The van der Waals surface area contributed by atoms with E-state index < -0.39 is 33.1 Å². The smallest absolute Gasteiger partial charge is 0.416 e. The highest BCUT2D eigenvalue weighted by molar-refractivity contribution is 7.94. The van der Waals surface area contributed by atoms with Crippen LogP contribution in [0.5, 0.6) is 5.75 Å². The monoisotopic (exact) mass is 556 g/mol. The Balaban J connectivity index is 1.76. The first-order valence-electron chi connectivity index (χ1n) is 11.0. The second-order valence-corrected chi connectivity index (χ2v) is 11.9. The molecule has 2 heterocycles. The van der Waals surface area contributed by atoms with Crippen LogP contribution in [0.4, 0.5) is 18.9 Å². The molecule has 0 bridgehead atoms. The number of aromatic nitrogens is 1. The van der Waals surface area contributed by atoms with E-state index in [0.717, 1.165) is 33.8 Å². The van der Waals surface area contributed by atoms with Crippen molar-refractivity contribution in [1.29, 1.82) is 0 Å². The number of rotatable bonds is 9. The van der Waals surface area contributed by atoms with Gasteiger partial charge in [-0.15, -0.1) is 11.3 Å². The summed E-state index contributed by atoms with van der Waals surface area (Å²) in [6.45, 7) is 3.73. The number of hydrogen-bond acceptors (Lipinski definition) is 7. The molecule has 1 saturated heterocycles. The molecule has 1 fully saturated rings. The summed E-state index contributed by atoms with van der Waals surface area (Å²) in [6.07, 6.45) is -4.69. The van der Waals surface area contributed by atoms with Crippen molar-refractivity contribution in [1.82, 2.24) is 4.98 Å². The minimum Gasteiger partial charge on any atom is -0.487 e. The van der Waals surface area contributed by atoms with Gasteiger partial charge in [-0.3, -0.25) is 4.31 Å². The van der Waals surface area contributed by atoms with Crippen LogP contribution in [0, 0.1) is 12.3 Å². The van der Waals surface area contributed by atoms with Gasteiger partial charge >= 0.3 is 12.1 Å². The van der Waals surface area contributed by atoms with Crippen molar-refractivity contribution < 1.29 is 41.0 Å². The molecule has 2 aromatic carbocycles. The van der Waals surface area contributed by atoms with Crippen LogP contribution < -0.4 is 9.04 Å². The summed E-state index contributed by atoms with van der Waals surface area (Å²) in [5, 5.41) is 10.6. The van der Waals surface area contributed by atoms with Gasteiger partial charge in [0.2, 0.25) is 4.34 Å². The fourth-order valence-electron chi connectivity index (χ4n) is 3.65. The van der Waals surface area contributed by atoms with Crippen LogP contribution in [0.15, 0.2) is 52.2 Å². The lowest BCUT2D eigenvalue weighted by atomic mass is 9.88. The minimum atomic E-state index is -4.69. The number of carbonyl (C=O) groups is 1. The van der Waals surface area contributed by atoms with Gasteiger partial charge in [0, 0.05) is 23.0 Å². The number of benzene rings is 2. The number of aromatic carboxylic acids is 1. The lowest BCUT2D eigenvalue weighted by Crippen LogP contribution is -2.50. The van der Waals surface area contributed by atoms with E-state index in [1.54, 1.807) is 12.3 Å².